The smallest absolute Gasteiger partial charge is 0.251 e. The summed E-state index contributed by atoms with van der Waals surface area (Å²) < 4.78 is 13.1. The van der Waals surface area contributed by atoms with E-state index < -0.39 is 5.82 Å². The molecule has 0 aliphatic rings. The molecule has 2 aromatic rings. The Balaban J connectivity index is 1.94. The fraction of sp³-hybridized carbons (Fsp3) is 0.267. The van der Waals surface area contributed by atoms with Gasteiger partial charge in [0.2, 0.25) is 5.91 Å². The van der Waals surface area contributed by atoms with Crippen molar-refractivity contribution in [1.29, 1.82) is 0 Å². The average molecular weight is 388 g/mol. The minimum Gasteiger partial charge on any atom is -0.325 e. The van der Waals surface area contributed by atoms with Crippen LogP contribution in [0.4, 0.5) is 10.1 Å². The van der Waals surface area contributed by atoms with Crippen molar-refractivity contribution >= 4 is 46.7 Å². The number of carbonyl (C=O) groups is 1. The van der Waals surface area contributed by atoms with Crippen molar-refractivity contribution in [3.05, 3.63) is 51.2 Å². The summed E-state index contributed by atoms with van der Waals surface area (Å²) in [5, 5.41) is 2.94. The largest absolute Gasteiger partial charge is 0.325 e. The van der Waals surface area contributed by atoms with Crippen molar-refractivity contribution in [3.63, 3.8) is 0 Å². The van der Waals surface area contributed by atoms with Gasteiger partial charge < -0.3 is 10.3 Å². The summed E-state index contributed by atoms with van der Waals surface area (Å²) in [5.41, 5.74) is 0.838. The van der Waals surface area contributed by atoms with Crippen LogP contribution >= 0.6 is 35.1 Å². The molecule has 5 nitrogen and oxygen atoms in total. The molecule has 128 valence electrons. The van der Waals surface area contributed by atoms with Crippen molar-refractivity contribution in [3.8, 4) is 0 Å². The van der Waals surface area contributed by atoms with E-state index >= 15 is 0 Å². The molecular formula is C15H15ClFN3O2S2. The third-order valence-electron chi connectivity index (χ3n) is 2.77. The minimum atomic E-state index is -0.549. The van der Waals surface area contributed by atoms with Crippen LogP contribution in [0.25, 0.3) is 0 Å². The van der Waals surface area contributed by atoms with E-state index in [0.717, 1.165) is 17.5 Å². The van der Waals surface area contributed by atoms with Crippen LogP contribution in [-0.2, 0) is 10.5 Å². The summed E-state index contributed by atoms with van der Waals surface area (Å²) in [5.74, 6) is 0.780. The molecule has 2 N–H and O–H groups in total. The quantitative estimate of drug-likeness (QED) is 0.561. The molecule has 1 aromatic carbocycles. The molecular weight excluding hydrogens is 373 g/mol. The molecule has 0 atom stereocenters. The molecule has 0 fully saturated rings. The Kier molecular flexibility index (Phi) is 7.14. The number of rotatable bonds is 7. The van der Waals surface area contributed by atoms with E-state index in [2.05, 4.69) is 15.3 Å². The van der Waals surface area contributed by atoms with Gasteiger partial charge in [-0.1, -0.05) is 30.3 Å². The number of aromatic amines is 1. The van der Waals surface area contributed by atoms with E-state index in [4.69, 9.17) is 11.6 Å². The summed E-state index contributed by atoms with van der Waals surface area (Å²) in [6, 6.07) is 5.39. The summed E-state index contributed by atoms with van der Waals surface area (Å²) >= 11 is 8.45. The number of aromatic nitrogens is 2. The maximum atomic E-state index is 13.1. The molecule has 0 saturated heterocycles. The van der Waals surface area contributed by atoms with Gasteiger partial charge in [0, 0.05) is 17.5 Å². The minimum absolute atomic E-state index is 0.0578. The summed E-state index contributed by atoms with van der Waals surface area (Å²) in [7, 11) is 0. The maximum absolute atomic E-state index is 13.1. The molecule has 0 radical (unpaired) electrons. The van der Waals surface area contributed by atoms with Crippen molar-refractivity contribution in [1.82, 2.24) is 9.97 Å². The lowest BCUT2D eigenvalue weighted by molar-refractivity contribution is -0.113. The zero-order valence-electron chi connectivity index (χ0n) is 12.8. The van der Waals surface area contributed by atoms with Gasteiger partial charge in [-0.3, -0.25) is 9.59 Å². The molecule has 1 amide bonds. The van der Waals surface area contributed by atoms with Gasteiger partial charge in [0.25, 0.3) is 5.56 Å². The maximum Gasteiger partial charge on any atom is 0.251 e. The highest BCUT2D eigenvalue weighted by Gasteiger charge is 2.08. The molecule has 0 spiro atoms. The molecule has 24 heavy (non-hydrogen) atoms. The van der Waals surface area contributed by atoms with Crippen LogP contribution in [-0.4, -0.2) is 27.4 Å². The molecule has 2 rings (SSSR count). The second-order valence-electron chi connectivity index (χ2n) is 4.64. The van der Waals surface area contributed by atoms with Crippen LogP contribution in [0.1, 0.15) is 12.6 Å². The van der Waals surface area contributed by atoms with Crippen LogP contribution < -0.4 is 10.9 Å². The van der Waals surface area contributed by atoms with Crippen molar-refractivity contribution in [2.75, 3.05) is 16.8 Å². The van der Waals surface area contributed by atoms with Crippen LogP contribution in [0.5, 0.6) is 0 Å². The second kappa shape index (κ2) is 9.10. The van der Waals surface area contributed by atoms with Gasteiger partial charge in [0.15, 0.2) is 5.16 Å². The first-order valence-electron chi connectivity index (χ1n) is 7.03. The van der Waals surface area contributed by atoms with E-state index in [0.29, 0.717) is 22.3 Å². The predicted octanol–water partition coefficient (Wildman–Crippen LogP) is 3.55. The zero-order valence-corrected chi connectivity index (χ0v) is 15.2. The normalized spacial score (nSPS) is 10.6. The van der Waals surface area contributed by atoms with Gasteiger partial charge in [0.1, 0.15) is 5.82 Å². The van der Waals surface area contributed by atoms with Crippen LogP contribution in [0.15, 0.2) is 34.2 Å². The van der Waals surface area contributed by atoms with Gasteiger partial charge in [-0.2, -0.15) is 11.8 Å². The standard InChI is InChI=1S/C15H15ClFN3O2S2/c1-2-23-7-10-6-13(21)20-15(19-10)24-8-14(22)18-9-3-4-12(17)11(16)5-9/h3-6H,2,7-8H2,1H3,(H,18,22)(H,19,20,21). The summed E-state index contributed by atoms with van der Waals surface area (Å²) in [6.45, 7) is 2.03. The number of nitrogens with zero attached hydrogens (tertiary/aromatic N) is 1. The molecule has 0 aliphatic heterocycles. The van der Waals surface area contributed by atoms with Gasteiger partial charge in [-0.05, 0) is 24.0 Å². The number of thioether (sulfide) groups is 2. The van der Waals surface area contributed by atoms with Gasteiger partial charge in [0.05, 0.1) is 16.5 Å². The highest BCUT2D eigenvalue weighted by atomic mass is 35.5. The summed E-state index contributed by atoms with van der Waals surface area (Å²) in [4.78, 5) is 30.4. The lowest BCUT2D eigenvalue weighted by Crippen LogP contribution is -2.15. The highest BCUT2D eigenvalue weighted by Crippen LogP contribution is 2.20. The Hall–Kier alpha value is -1.51. The second-order valence-corrected chi connectivity index (χ2v) is 7.29. The topological polar surface area (TPSA) is 74.8 Å². The number of anilines is 1. The van der Waals surface area contributed by atoms with Crippen molar-refractivity contribution in [2.24, 2.45) is 0 Å². The molecule has 0 bridgehead atoms. The molecule has 0 saturated carbocycles. The van der Waals surface area contributed by atoms with E-state index in [-0.39, 0.29) is 22.2 Å². The molecule has 1 heterocycles. The number of amides is 1. The molecule has 0 unspecified atom stereocenters. The monoisotopic (exact) mass is 387 g/mol. The first kappa shape index (κ1) is 18.8. The first-order valence-corrected chi connectivity index (χ1v) is 9.55. The number of halogens is 2. The van der Waals surface area contributed by atoms with Gasteiger partial charge >= 0.3 is 0 Å². The van der Waals surface area contributed by atoms with Crippen LogP contribution in [0.3, 0.4) is 0 Å². The van der Waals surface area contributed by atoms with Gasteiger partial charge in [-0.15, -0.1) is 0 Å². The predicted molar refractivity (Wildman–Crippen MR) is 97.5 cm³/mol. The number of H-pyrrole nitrogens is 1. The number of carbonyl (C=O) groups excluding carboxylic acids is 1. The van der Waals surface area contributed by atoms with E-state index in [1.54, 1.807) is 11.8 Å². The molecule has 1 aromatic heterocycles. The Morgan fingerprint density at radius 3 is 2.92 bits per heavy atom. The number of nitrogens with one attached hydrogen (secondary N) is 2. The van der Waals surface area contributed by atoms with Crippen LogP contribution in [0.2, 0.25) is 5.02 Å². The van der Waals surface area contributed by atoms with E-state index in [1.165, 1.54) is 24.3 Å². The van der Waals surface area contributed by atoms with E-state index in [9.17, 15) is 14.0 Å². The first-order chi connectivity index (χ1) is 11.5. The highest BCUT2D eigenvalue weighted by molar-refractivity contribution is 7.99. The number of hydrogen-bond acceptors (Lipinski definition) is 5. The number of hydrogen-bond donors (Lipinski definition) is 2. The average Bonchev–Trinajstić information content (AvgIpc) is 2.54. The molecule has 0 aliphatic carbocycles. The zero-order chi connectivity index (χ0) is 17.5. The van der Waals surface area contributed by atoms with Crippen molar-refractivity contribution in [2.45, 2.75) is 17.8 Å². The SMILES string of the molecule is CCSCc1cc(=O)[nH]c(SCC(=O)Nc2ccc(F)c(Cl)c2)n1. The Morgan fingerprint density at radius 1 is 1.42 bits per heavy atom. The Labute approximate surface area is 151 Å². The lowest BCUT2D eigenvalue weighted by atomic mass is 10.3. The Morgan fingerprint density at radius 2 is 2.21 bits per heavy atom. The molecule has 9 heteroatoms. The fourth-order valence-corrected chi connectivity index (χ4v) is 3.17. The van der Waals surface area contributed by atoms with Crippen LogP contribution in [0, 0.1) is 5.82 Å². The van der Waals surface area contributed by atoms with Gasteiger partial charge in [-0.25, -0.2) is 9.37 Å². The lowest BCUT2D eigenvalue weighted by Gasteiger charge is -2.06. The fourth-order valence-electron chi connectivity index (χ4n) is 1.74. The third-order valence-corrected chi connectivity index (χ3v) is 4.84. The third kappa shape index (κ3) is 5.85. The number of benzene rings is 1. The van der Waals surface area contributed by atoms with E-state index in [1.807, 2.05) is 6.92 Å². The van der Waals surface area contributed by atoms with Crippen molar-refractivity contribution < 1.29 is 9.18 Å². The summed E-state index contributed by atoms with van der Waals surface area (Å²) in [6.07, 6.45) is 0. The Bertz CT molecular complexity index is 786.